The summed E-state index contributed by atoms with van der Waals surface area (Å²) >= 11 is 4.71. The summed E-state index contributed by atoms with van der Waals surface area (Å²) in [4.78, 5) is 0. The fourth-order valence-electron chi connectivity index (χ4n) is 2.21. The second-order valence-electron chi connectivity index (χ2n) is 5.12. The number of thioether (sulfide) groups is 1. The summed E-state index contributed by atoms with van der Waals surface area (Å²) in [7, 11) is 3.53. The van der Waals surface area contributed by atoms with Crippen molar-refractivity contribution in [2.45, 2.75) is 10.9 Å². The highest BCUT2D eigenvalue weighted by atomic mass is 79.9. The topological polar surface area (TPSA) is 39.9 Å². The molecule has 0 aliphatic rings. The van der Waals surface area contributed by atoms with Gasteiger partial charge in [-0.2, -0.15) is 0 Å². The molecule has 0 unspecified atom stereocenters. The summed E-state index contributed by atoms with van der Waals surface area (Å²) in [5, 5.41) is 9.19. The average Bonchev–Trinajstić information content (AvgIpc) is 2.95. The van der Waals surface area contributed by atoms with E-state index in [0.717, 1.165) is 26.8 Å². The summed E-state index contributed by atoms with van der Waals surface area (Å²) in [6, 6.07) is 12.7. The third-order valence-electron chi connectivity index (χ3n) is 3.56. The van der Waals surface area contributed by atoms with Crippen molar-refractivity contribution in [1.82, 2.24) is 14.8 Å². The molecule has 0 spiro atoms. The number of rotatable bonds is 5. The van der Waals surface area contributed by atoms with Gasteiger partial charge < -0.3 is 9.30 Å². The number of nitrogens with zero attached hydrogens (tertiary/aromatic N) is 3. The minimum atomic E-state index is -0.227. The second kappa shape index (κ2) is 7.36. The molecular weight excluding hydrogens is 393 g/mol. The third-order valence-corrected chi connectivity index (χ3v) is 5.12. The Morgan fingerprint density at radius 3 is 2.58 bits per heavy atom. The van der Waals surface area contributed by atoms with Crippen LogP contribution < -0.4 is 4.74 Å². The SMILES string of the molecule is COc1ccc(-c2nnc(SCc3ccc(Br)cc3F)n2C)cc1. The molecule has 0 atom stereocenters. The Labute approximate surface area is 152 Å². The van der Waals surface area contributed by atoms with Gasteiger partial charge in [-0.05, 0) is 42.0 Å². The Bertz CT molecular complexity index is 852. The van der Waals surface area contributed by atoms with E-state index in [0.29, 0.717) is 11.3 Å². The lowest BCUT2D eigenvalue weighted by Gasteiger charge is -2.06. The molecule has 4 nitrogen and oxygen atoms in total. The van der Waals surface area contributed by atoms with Crippen molar-refractivity contribution >= 4 is 27.7 Å². The predicted molar refractivity (Wildman–Crippen MR) is 96.7 cm³/mol. The summed E-state index contributed by atoms with van der Waals surface area (Å²) in [6.45, 7) is 0. The number of hydrogen-bond acceptors (Lipinski definition) is 4. The first kappa shape index (κ1) is 17.0. The largest absolute Gasteiger partial charge is 0.497 e. The van der Waals surface area contributed by atoms with Crippen LogP contribution in [0.25, 0.3) is 11.4 Å². The van der Waals surface area contributed by atoms with Crippen LogP contribution in [-0.2, 0) is 12.8 Å². The molecule has 24 heavy (non-hydrogen) atoms. The molecule has 124 valence electrons. The van der Waals surface area contributed by atoms with Crippen molar-refractivity contribution in [3.63, 3.8) is 0 Å². The van der Waals surface area contributed by atoms with Gasteiger partial charge in [0.25, 0.3) is 0 Å². The van der Waals surface area contributed by atoms with Gasteiger partial charge in [-0.1, -0.05) is 33.8 Å². The molecule has 0 fully saturated rings. The minimum absolute atomic E-state index is 0.227. The molecule has 2 aromatic carbocycles. The molecule has 0 saturated carbocycles. The van der Waals surface area contributed by atoms with E-state index >= 15 is 0 Å². The third kappa shape index (κ3) is 3.62. The van der Waals surface area contributed by atoms with Crippen molar-refractivity contribution in [2.24, 2.45) is 7.05 Å². The molecule has 0 amide bonds. The van der Waals surface area contributed by atoms with Crippen LogP contribution in [0.4, 0.5) is 4.39 Å². The second-order valence-corrected chi connectivity index (χ2v) is 6.98. The fraction of sp³-hybridized carbons (Fsp3) is 0.176. The Kier molecular flexibility index (Phi) is 5.20. The predicted octanol–water partition coefficient (Wildman–Crippen LogP) is 4.68. The van der Waals surface area contributed by atoms with E-state index in [9.17, 15) is 4.39 Å². The average molecular weight is 408 g/mol. The lowest BCUT2D eigenvalue weighted by Crippen LogP contribution is -1.96. The molecule has 0 N–H and O–H groups in total. The maximum Gasteiger partial charge on any atom is 0.191 e. The van der Waals surface area contributed by atoms with Crippen LogP contribution in [0.2, 0.25) is 0 Å². The smallest absolute Gasteiger partial charge is 0.191 e. The Morgan fingerprint density at radius 1 is 1.17 bits per heavy atom. The highest BCUT2D eigenvalue weighted by Gasteiger charge is 2.12. The molecule has 3 aromatic rings. The van der Waals surface area contributed by atoms with Gasteiger partial charge in [-0.3, -0.25) is 0 Å². The quantitative estimate of drug-likeness (QED) is 0.575. The van der Waals surface area contributed by atoms with Crippen LogP contribution in [-0.4, -0.2) is 21.9 Å². The van der Waals surface area contributed by atoms with Crippen molar-refractivity contribution in [3.8, 4) is 17.1 Å². The van der Waals surface area contributed by atoms with E-state index in [1.165, 1.54) is 17.8 Å². The molecule has 1 aromatic heterocycles. The molecule has 0 radical (unpaired) electrons. The first-order valence-corrected chi connectivity index (χ1v) is 8.97. The number of benzene rings is 2. The van der Waals surface area contributed by atoms with E-state index in [1.807, 2.05) is 41.9 Å². The number of halogens is 2. The monoisotopic (exact) mass is 407 g/mol. The lowest BCUT2D eigenvalue weighted by atomic mass is 10.2. The van der Waals surface area contributed by atoms with E-state index in [1.54, 1.807) is 13.2 Å². The normalized spacial score (nSPS) is 10.8. The van der Waals surface area contributed by atoms with Gasteiger partial charge in [0.2, 0.25) is 0 Å². The first-order valence-electron chi connectivity index (χ1n) is 7.19. The van der Waals surface area contributed by atoms with Crippen molar-refractivity contribution in [1.29, 1.82) is 0 Å². The molecule has 0 aliphatic heterocycles. The summed E-state index contributed by atoms with van der Waals surface area (Å²) in [6.07, 6.45) is 0. The summed E-state index contributed by atoms with van der Waals surface area (Å²) in [5.74, 6) is 1.82. The first-order chi connectivity index (χ1) is 11.6. The van der Waals surface area contributed by atoms with Gasteiger partial charge in [0, 0.05) is 22.8 Å². The number of ether oxygens (including phenoxy) is 1. The van der Waals surface area contributed by atoms with Gasteiger partial charge in [0.1, 0.15) is 11.6 Å². The van der Waals surface area contributed by atoms with Crippen molar-refractivity contribution in [2.75, 3.05) is 7.11 Å². The van der Waals surface area contributed by atoms with Gasteiger partial charge in [-0.25, -0.2) is 4.39 Å². The van der Waals surface area contributed by atoms with Crippen LogP contribution >= 0.6 is 27.7 Å². The van der Waals surface area contributed by atoms with E-state index in [2.05, 4.69) is 26.1 Å². The Hall–Kier alpha value is -1.86. The number of methoxy groups -OCH3 is 1. The maximum atomic E-state index is 13.9. The molecule has 1 heterocycles. The summed E-state index contributed by atoms with van der Waals surface area (Å²) < 4.78 is 21.7. The van der Waals surface area contributed by atoms with Crippen molar-refractivity contribution in [3.05, 3.63) is 58.3 Å². The fourth-order valence-corrected chi connectivity index (χ4v) is 3.44. The number of hydrogen-bond donors (Lipinski definition) is 0. The van der Waals surface area contributed by atoms with E-state index in [-0.39, 0.29) is 5.82 Å². The Morgan fingerprint density at radius 2 is 1.92 bits per heavy atom. The maximum absolute atomic E-state index is 13.9. The number of aromatic nitrogens is 3. The van der Waals surface area contributed by atoms with Gasteiger partial charge in [0.15, 0.2) is 11.0 Å². The van der Waals surface area contributed by atoms with Gasteiger partial charge in [-0.15, -0.1) is 10.2 Å². The van der Waals surface area contributed by atoms with Crippen LogP contribution in [0.5, 0.6) is 5.75 Å². The molecule has 0 bridgehead atoms. The van der Waals surface area contributed by atoms with Crippen LogP contribution in [0, 0.1) is 5.82 Å². The standard InChI is InChI=1S/C17H15BrFN3OS/c1-22-16(11-4-7-14(23-2)8-5-11)20-21-17(22)24-10-12-3-6-13(18)9-15(12)19/h3-9H,10H2,1-2H3. The molecule has 0 aliphatic carbocycles. The minimum Gasteiger partial charge on any atom is -0.497 e. The zero-order chi connectivity index (χ0) is 17.1. The molecule has 7 heteroatoms. The summed E-state index contributed by atoms with van der Waals surface area (Å²) in [5.41, 5.74) is 1.59. The zero-order valence-electron chi connectivity index (χ0n) is 13.2. The molecule has 3 rings (SSSR count). The highest BCUT2D eigenvalue weighted by molar-refractivity contribution is 9.10. The van der Waals surface area contributed by atoms with Crippen molar-refractivity contribution < 1.29 is 9.13 Å². The van der Waals surface area contributed by atoms with Gasteiger partial charge >= 0.3 is 0 Å². The van der Waals surface area contributed by atoms with Gasteiger partial charge in [0.05, 0.1) is 7.11 Å². The zero-order valence-corrected chi connectivity index (χ0v) is 15.6. The van der Waals surface area contributed by atoms with E-state index < -0.39 is 0 Å². The lowest BCUT2D eigenvalue weighted by molar-refractivity contribution is 0.415. The molecular formula is C17H15BrFN3OS. The molecule has 0 saturated heterocycles. The van der Waals surface area contributed by atoms with Crippen LogP contribution in [0.1, 0.15) is 5.56 Å². The van der Waals surface area contributed by atoms with Crippen LogP contribution in [0.3, 0.4) is 0 Å². The van der Waals surface area contributed by atoms with E-state index in [4.69, 9.17) is 4.74 Å². The van der Waals surface area contributed by atoms with Crippen LogP contribution in [0.15, 0.2) is 52.1 Å². The Balaban J connectivity index is 1.77. The highest BCUT2D eigenvalue weighted by Crippen LogP contribution is 2.27.